The number of rotatable bonds is 8. The van der Waals surface area contributed by atoms with Crippen LogP contribution >= 0.6 is 0 Å². The highest BCUT2D eigenvalue weighted by Gasteiger charge is 2.15. The van der Waals surface area contributed by atoms with Gasteiger partial charge in [0.15, 0.2) is 5.78 Å². The van der Waals surface area contributed by atoms with Gasteiger partial charge in [-0.05, 0) is 12.8 Å². The summed E-state index contributed by atoms with van der Waals surface area (Å²) in [5.74, 6) is 0.137. The van der Waals surface area contributed by atoms with Crippen LogP contribution in [0.3, 0.4) is 0 Å². The molecule has 0 saturated carbocycles. The molecule has 0 radical (unpaired) electrons. The topological polar surface area (TPSA) is 49.3 Å². The summed E-state index contributed by atoms with van der Waals surface area (Å²) < 4.78 is 0. The zero-order valence-corrected chi connectivity index (χ0v) is 8.68. The molecule has 0 amide bonds. The summed E-state index contributed by atoms with van der Waals surface area (Å²) in [6.07, 6.45) is 5.31. The molecule has 0 aromatic rings. The molecule has 3 heteroatoms. The molecule has 0 heterocycles. The van der Waals surface area contributed by atoms with Gasteiger partial charge in [0.05, 0.1) is 6.04 Å². The fourth-order valence-corrected chi connectivity index (χ4v) is 1.23. The van der Waals surface area contributed by atoms with Gasteiger partial charge in [-0.2, -0.15) is 5.48 Å². The van der Waals surface area contributed by atoms with E-state index in [9.17, 15) is 4.79 Å². The molecule has 2 N–H and O–H groups in total. The Hall–Kier alpha value is -0.410. The first-order valence-corrected chi connectivity index (χ1v) is 5.18. The Bertz CT molecular complexity index is 137. The fourth-order valence-electron chi connectivity index (χ4n) is 1.23. The van der Waals surface area contributed by atoms with E-state index in [0.717, 1.165) is 32.1 Å². The maximum absolute atomic E-state index is 11.4. The maximum atomic E-state index is 11.4. The molecule has 13 heavy (non-hydrogen) atoms. The molecule has 0 spiro atoms. The third-order valence-electron chi connectivity index (χ3n) is 2.17. The van der Waals surface area contributed by atoms with Gasteiger partial charge in [-0.15, -0.1) is 0 Å². The Labute approximate surface area is 80.5 Å². The Kier molecular flexibility index (Phi) is 7.94. The smallest absolute Gasteiger partial charge is 0.152 e. The zero-order valence-electron chi connectivity index (χ0n) is 8.68. The molecule has 3 nitrogen and oxygen atoms in total. The van der Waals surface area contributed by atoms with Crippen molar-refractivity contribution in [2.75, 3.05) is 0 Å². The predicted molar refractivity (Wildman–Crippen MR) is 52.8 cm³/mol. The minimum absolute atomic E-state index is 0.137. The molecule has 0 bridgehead atoms. The number of carbonyl (C=O) groups excluding carboxylic acids is 1. The van der Waals surface area contributed by atoms with E-state index >= 15 is 0 Å². The lowest BCUT2D eigenvalue weighted by molar-refractivity contribution is -0.123. The number of hydrogen-bond acceptors (Lipinski definition) is 3. The van der Waals surface area contributed by atoms with Crippen LogP contribution in [0.15, 0.2) is 0 Å². The van der Waals surface area contributed by atoms with Crippen molar-refractivity contribution in [1.82, 2.24) is 5.48 Å². The van der Waals surface area contributed by atoms with Crippen molar-refractivity contribution in [1.29, 1.82) is 0 Å². The second kappa shape index (κ2) is 8.20. The van der Waals surface area contributed by atoms with Gasteiger partial charge in [0.2, 0.25) is 0 Å². The van der Waals surface area contributed by atoms with Crippen LogP contribution in [-0.2, 0) is 4.79 Å². The third-order valence-corrected chi connectivity index (χ3v) is 2.17. The molecule has 0 saturated heterocycles. The SMILES string of the molecule is CCCCC(=O)C(CCCC)NO. The number of ketones is 1. The molecule has 0 aliphatic rings. The third kappa shape index (κ3) is 5.77. The van der Waals surface area contributed by atoms with Crippen LogP contribution in [0, 0.1) is 0 Å². The molecule has 0 fully saturated rings. The summed E-state index contributed by atoms with van der Waals surface area (Å²) in [6.45, 7) is 4.13. The summed E-state index contributed by atoms with van der Waals surface area (Å²) in [5, 5.41) is 8.75. The van der Waals surface area contributed by atoms with Gasteiger partial charge in [0.1, 0.15) is 0 Å². The van der Waals surface area contributed by atoms with Gasteiger partial charge in [-0.1, -0.05) is 33.1 Å². The van der Waals surface area contributed by atoms with Crippen molar-refractivity contribution in [3.63, 3.8) is 0 Å². The second-order valence-electron chi connectivity index (χ2n) is 3.39. The molecule has 0 aliphatic carbocycles. The molecule has 0 aromatic carbocycles. The molecule has 0 aromatic heterocycles. The van der Waals surface area contributed by atoms with Crippen molar-refractivity contribution in [2.24, 2.45) is 0 Å². The van der Waals surface area contributed by atoms with E-state index in [-0.39, 0.29) is 11.8 Å². The van der Waals surface area contributed by atoms with E-state index in [1.165, 1.54) is 0 Å². The van der Waals surface area contributed by atoms with Crippen LogP contribution in [0.5, 0.6) is 0 Å². The zero-order chi connectivity index (χ0) is 10.1. The lowest BCUT2D eigenvalue weighted by Gasteiger charge is -2.12. The number of carbonyl (C=O) groups is 1. The highest BCUT2D eigenvalue weighted by molar-refractivity contribution is 5.83. The molecule has 1 atom stereocenters. The first kappa shape index (κ1) is 12.6. The Balaban J connectivity index is 3.71. The largest absolute Gasteiger partial charge is 0.316 e. The fraction of sp³-hybridized carbons (Fsp3) is 0.900. The molecular formula is C10H21NO2. The maximum Gasteiger partial charge on any atom is 0.152 e. The van der Waals surface area contributed by atoms with Gasteiger partial charge in [-0.3, -0.25) is 4.79 Å². The Morgan fingerprint density at radius 1 is 1.31 bits per heavy atom. The Morgan fingerprint density at radius 3 is 2.38 bits per heavy atom. The summed E-state index contributed by atoms with van der Waals surface area (Å²) in [7, 11) is 0. The number of Topliss-reactive ketones (excluding diaryl/α,β-unsaturated/α-hetero) is 1. The van der Waals surface area contributed by atoms with Crippen molar-refractivity contribution in [3.8, 4) is 0 Å². The van der Waals surface area contributed by atoms with Crippen molar-refractivity contribution >= 4 is 5.78 Å². The summed E-state index contributed by atoms with van der Waals surface area (Å²) in [4.78, 5) is 11.4. The van der Waals surface area contributed by atoms with Crippen molar-refractivity contribution in [3.05, 3.63) is 0 Å². The van der Waals surface area contributed by atoms with Gasteiger partial charge >= 0.3 is 0 Å². The highest BCUT2D eigenvalue weighted by atomic mass is 16.5. The van der Waals surface area contributed by atoms with E-state index in [1.54, 1.807) is 0 Å². The molecule has 78 valence electrons. The van der Waals surface area contributed by atoms with E-state index in [2.05, 4.69) is 19.3 Å². The van der Waals surface area contributed by atoms with E-state index in [1.807, 2.05) is 0 Å². The van der Waals surface area contributed by atoms with Gasteiger partial charge in [0.25, 0.3) is 0 Å². The minimum Gasteiger partial charge on any atom is -0.316 e. The van der Waals surface area contributed by atoms with Crippen LogP contribution in [0.1, 0.15) is 52.4 Å². The monoisotopic (exact) mass is 187 g/mol. The van der Waals surface area contributed by atoms with Gasteiger partial charge < -0.3 is 5.21 Å². The number of hydrogen-bond donors (Lipinski definition) is 2. The quantitative estimate of drug-likeness (QED) is 0.573. The first-order valence-electron chi connectivity index (χ1n) is 5.18. The van der Waals surface area contributed by atoms with Crippen LogP contribution in [0.2, 0.25) is 0 Å². The number of hydroxylamine groups is 1. The summed E-state index contributed by atoms with van der Waals surface area (Å²) >= 11 is 0. The predicted octanol–water partition coefficient (Wildman–Crippen LogP) is 2.28. The van der Waals surface area contributed by atoms with Gasteiger partial charge in [-0.25, -0.2) is 0 Å². The number of nitrogens with one attached hydrogen (secondary N) is 1. The minimum atomic E-state index is -0.341. The van der Waals surface area contributed by atoms with E-state index in [0.29, 0.717) is 6.42 Å². The van der Waals surface area contributed by atoms with Crippen LogP contribution in [0.25, 0.3) is 0 Å². The highest BCUT2D eigenvalue weighted by Crippen LogP contribution is 2.05. The summed E-state index contributed by atoms with van der Waals surface area (Å²) in [6, 6.07) is -0.341. The average Bonchev–Trinajstić information content (AvgIpc) is 2.16. The number of unbranched alkanes of at least 4 members (excludes halogenated alkanes) is 2. The molecule has 0 aliphatic heterocycles. The lowest BCUT2D eigenvalue weighted by atomic mass is 10.0. The molecule has 1 unspecified atom stereocenters. The normalized spacial score (nSPS) is 12.8. The summed E-state index contributed by atoms with van der Waals surface area (Å²) in [5.41, 5.74) is 2.10. The van der Waals surface area contributed by atoms with E-state index in [4.69, 9.17) is 5.21 Å². The standard InChI is InChI=1S/C10H21NO2/c1-3-5-7-9(11-13)10(12)8-6-4-2/h9,11,13H,3-8H2,1-2H3. The van der Waals surface area contributed by atoms with E-state index < -0.39 is 0 Å². The van der Waals surface area contributed by atoms with Crippen LogP contribution < -0.4 is 5.48 Å². The van der Waals surface area contributed by atoms with Crippen LogP contribution in [-0.4, -0.2) is 17.0 Å². The second-order valence-corrected chi connectivity index (χ2v) is 3.39. The van der Waals surface area contributed by atoms with Crippen molar-refractivity contribution < 1.29 is 10.0 Å². The van der Waals surface area contributed by atoms with Crippen molar-refractivity contribution in [2.45, 2.75) is 58.4 Å². The first-order chi connectivity index (χ1) is 6.26. The van der Waals surface area contributed by atoms with Gasteiger partial charge in [0, 0.05) is 6.42 Å². The molecule has 0 rings (SSSR count). The lowest BCUT2D eigenvalue weighted by Crippen LogP contribution is -2.34. The molecular weight excluding hydrogens is 166 g/mol. The van der Waals surface area contributed by atoms with Crippen LogP contribution in [0.4, 0.5) is 0 Å². The Morgan fingerprint density at radius 2 is 1.92 bits per heavy atom. The average molecular weight is 187 g/mol.